The summed E-state index contributed by atoms with van der Waals surface area (Å²) >= 11 is 0. The highest BCUT2D eigenvalue weighted by atomic mass is 19.1. The van der Waals surface area contributed by atoms with Crippen molar-refractivity contribution in [2.75, 3.05) is 0 Å². The van der Waals surface area contributed by atoms with Crippen LogP contribution in [0.25, 0.3) is 0 Å². The molecule has 0 bridgehead atoms. The Balaban J connectivity index is 4.14. The molecule has 0 aliphatic heterocycles. The molecule has 0 rings (SSSR count). The zero-order valence-corrected chi connectivity index (χ0v) is 7.20. The summed E-state index contributed by atoms with van der Waals surface area (Å²) in [5, 5.41) is 0. The van der Waals surface area contributed by atoms with E-state index < -0.39 is 17.9 Å². The molecule has 0 spiro atoms. The minimum absolute atomic E-state index is 0.602. The van der Waals surface area contributed by atoms with E-state index in [0.717, 1.165) is 5.57 Å². The average molecular weight is 160 g/mol. The van der Waals surface area contributed by atoms with Crippen LogP contribution in [-0.4, -0.2) is 6.17 Å². The van der Waals surface area contributed by atoms with Crippen LogP contribution in [0, 0.1) is 5.92 Å². The fourth-order valence-electron chi connectivity index (χ4n) is 0.636. The summed E-state index contributed by atoms with van der Waals surface area (Å²) in [6, 6.07) is 0. The van der Waals surface area contributed by atoms with Crippen LogP contribution in [0.1, 0.15) is 20.8 Å². The molecule has 0 amide bonds. The molecule has 0 heterocycles. The summed E-state index contributed by atoms with van der Waals surface area (Å²) < 4.78 is 25.3. The molecular weight excluding hydrogens is 146 g/mol. The van der Waals surface area contributed by atoms with Crippen LogP contribution in [0.2, 0.25) is 0 Å². The van der Waals surface area contributed by atoms with Crippen LogP contribution in [0.15, 0.2) is 24.1 Å². The number of hydrogen-bond donors (Lipinski definition) is 0. The maximum Gasteiger partial charge on any atom is 0.127 e. The van der Waals surface area contributed by atoms with E-state index in [-0.39, 0.29) is 0 Å². The first-order chi connectivity index (χ1) is 4.95. The highest BCUT2D eigenvalue weighted by Crippen LogP contribution is 2.18. The van der Waals surface area contributed by atoms with Gasteiger partial charge in [-0.15, -0.1) is 0 Å². The van der Waals surface area contributed by atoms with Crippen LogP contribution >= 0.6 is 0 Å². The predicted molar refractivity (Wildman–Crippen MR) is 43.7 cm³/mol. The molecule has 0 aromatic rings. The summed E-state index contributed by atoms with van der Waals surface area (Å²) in [5.74, 6) is -1.33. The summed E-state index contributed by atoms with van der Waals surface area (Å²) in [4.78, 5) is 0. The second kappa shape index (κ2) is 4.27. The predicted octanol–water partition coefficient (Wildman–Crippen LogP) is 3.41. The van der Waals surface area contributed by atoms with Crippen molar-refractivity contribution in [1.29, 1.82) is 0 Å². The lowest BCUT2D eigenvalue weighted by molar-refractivity contribution is 0.295. The van der Waals surface area contributed by atoms with Gasteiger partial charge in [-0.3, -0.25) is 0 Å². The highest BCUT2D eigenvalue weighted by molar-refractivity contribution is 5.04. The molecule has 64 valence electrons. The molecule has 0 saturated carbocycles. The van der Waals surface area contributed by atoms with Gasteiger partial charge in [0.2, 0.25) is 0 Å². The van der Waals surface area contributed by atoms with Crippen molar-refractivity contribution < 1.29 is 8.78 Å². The van der Waals surface area contributed by atoms with E-state index in [9.17, 15) is 8.78 Å². The highest BCUT2D eigenvalue weighted by Gasteiger charge is 2.16. The molecule has 0 nitrogen and oxygen atoms in total. The lowest BCUT2D eigenvalue weighted by atomic mass is 10.0. The van der Waals surface area contributed by atoms with Crippen molar-refractivity contribution >= 4 is 0 Å². The van der Waals surface area contributed by atoms with Gasteiger partial charge in [0.05, 0.1) is 5.83 Å². The Labute approximate surface area is 66.6 Å². The third-order valence-electron chi connectivity index (χ3n) is 1.46. The first kappa shape index (κ1) is 10.3. The second-order valence-corrected chi connectivity index (χ2v) is 2.92. The SMILES string of the molecule is C=C(F)C(C)[C@H](F)C=C(C)C. The zero-order chi connectivity index (χ0) is 9.02. The quantitative estimate of drug-likeness (QED) is 0.555. The summed E-state index contributed by atoms with van der Waals surface area (Å²) in [6.07, 6.45) is 0.146. The molecule has 2 heteroatoms. The van der Waals surface area contributed by atoms with Crippen LogP contribution in [0.3, 0.4) is 0 Å². The Kier molecular flexibility index (Phi) is 4.01. The van der Waals surface area contributed by atoms with Crippen LogP contribution < -0.4 is 0 Å². The van der Waals surface area contributed by atoms with Gasteiger partial charge in [0.1, 0.15) is 6.17 Å². The monoisotopic (exact) mass is 160 g/mol. The van der Waals surface area contributed by atoms with E-state index in [4.69, 9.17) is 0 Å². The molecule has 2 atom stereocenters. The molecule has 0 aromatic heterocycles. The van der Waals surface area contributed by atoms with Crippen LogP contribution in [-0.2, 0) is 0 Å². The molecule has 0 aliphatic rings. The molecule has 0 saturated heterocycles. The summed E-state index contributed by atoms with van der Waals surface area (Å²) in [7, 11) is 0. The largest absolute Gasteiger partial charge is 0.242 e. The number of allylic oxidation sites excluding steroid dienone is 3. The number of alkyl halides is 1. The van der Waals surface area contributed by atoms with Crippen molar-refractivity contribution in [2.45, 2.75) is 26.9 Å². The first-order valence-electron chi connectivity index (χ1n) is 3.58. The lowest BCUT2D eigenvalue weighted by Crippen LogP contribution is -2.10. The van der Waals surface area contributed by atoms with Crippen molar-refractivity contribution in [2.24, 2.45) is 5.92 Å². The smallest absolute Gasteiger partial charge is 0.127 e. The standard InChI is InChI=1S/C9H14F2/c1-6(2)5-9(11)7(3)8(4)10/h5,7,9H,4H2,1-3H3/t7?,9-/m1/s1. The van der Waals surface area contributed by atoms with E-state index >= 15 is 0 Å². The van der Waals surface area contributed by atoms with Crippen LogP contribution in [0.5, 0.6) is 0 Å². The molecule has 0 N–H and O–H groups in total. The maximum atomic E-state index is 12.9. The first-order valence-corrected chi connectivity index (χ1v) is 3.58. The normalized spacial score (nSPS) is 15.4. The van der Waals surface area contributed by atoms with Gasteiger partial charge in [0, 0.05) is 5.92 Å². The van der Waals surface area contributed by atoms with Crippen LogP contribution in [0.4, 0.5) is 8.78 Å². The Morgan fingerprint density at radius 3 is 2.18 bits per heavy atom. The molecule has 0 radical (unpaired) electrons. The van der Waals surface area contributed by atoms with E-state index in [1.165, 1.54) is 13.0 Å². The van der Waals surface area contributed by atoms with Gasteiger partial charge < -0.3 is 0 Å². The zero-order valence-electron chi connectivity index (χ0n) is 7.20. The van der Waals surface area contributed by atoms with Crippen molar-refractivity contribution in [3.63, 3.8) is 0 Å². The maximum absolute atomic E-state index is 12.9. The van der Waals surface area contributed by atoms with Gasteiger partial charge in [-0.1, -0.05) is 25.2 Å². The molecule has 0 fully saturated rings. The summed E-state index contributed by atoms with van der Waals surface area (Å²) in [5.41, 5.74) is 0.852. The fraction of sp³-hybridized carbons (Fsp3) is 0.556. The minimum atomic E-state index is -1.25. The van der Waals surface area contributed by atoms with Gasteiger partial charge in [-0.25, -0.2) is 8.78 Å². The molecule has 11 heavy (non-hydrogen) atoms. The Hall–Kier alpha value is -0.660. The molecule has 1 unspecified atom stereocenters. The third kappa shape index (κ3) is 3.91. The number of halogens is 2. The van der Waals surface area contributed by atoms with Crippen molar-refractivity contribution in [3.8, 4) is 0 Å². The summed E-state index contributed by atoms with van der Waals surface area (Å²) in [6.45, 7) is 8.08. The average Bonchev–Trinajstić information content (AvgIpc) is 1.84. The van der Waals surface area contributed by atoms with Crippen molar-refractivity contribution in [1.82, 2.24) is 0 Å². The Morgan fingerprint density at radius 2 is 1.91 bits per heavy atom. The van der Waals surface area contributed by atoms with E-state index in [1.807, 2.05) is 0 Å². The molecule has 0 aromatic carbocycles. The van der Waals surface area contributed by atoms with E-state index in [0.29, 0.717) is 0 Å². The van der Waals surface area contributed by atoms with Gasteiger partial charge in [0.15, 0.2) is 0 Å². The van der Waals surface area contributed by atoms with Gasteiger partial charge in [0.25, 0.3) is 0 Å². The van der Waals surface area contributed by atoms with E-state index in [2.05, 4.69) is 6.58 Å². The second-order valence-electron chi connectivity index (χ2n) is 2.92. The van der Waals surface area contributed by atoms with Gasteiger partial charge in [-0.2, -0.15) is 0 Å². The number of hydrogen-bond acceptors (Lipinski definition) is 0. The van der Waals surface area contributed by atoms with E-state index in [1.54, 1.807) is 13.8 Å². The minimum Gasteiger partial charge on any atom is -0.242 e. The molecule has 0 aliphatic carbocycles. The van der Waals surface area contributed by atoms with Gasteiger partial charge >= 0.3 is 0 Å². The lowest BCUT2D eigenvalue weighted by Gasteiger charge is -2.10. The molecular formula is C9H14F2. The topological polar surface area (TPSA) is 0 Å². The Morgan fingerprint density at radius 1 is 1.45 bits per heavy atom. The van der Waals surface area contributed by atoms with Gasteiger partial charge in [-0.05, 0) is 13.8 Å². The van der Waals surface area contributed by atoms with Crippen molar-refractivity contribution in [3.05, 3.63) is 24.1 Å². The number of rotatable bonds is 3. The third-order valence-corrected chi connectivity index (χ3v) is 1.46. The Bertz CT molecular complexity index is 166. The fourth-order valence-corrected chi connectivity index (χ4v) is 0.636.